The summed E-state index contributed by atoms with van der Waals surface area (Å²) in [5.74, 6) is 0. The monoisotopic (exact) mass is 233 g/mol. The Balaban J connectivity index is 1.95. The Morgan fingerprint density at radius 3 is 2.65 bits per heavy atom. The van der Waals surface area contributed by atoms with Crippen molar-refractivity contribution < 1.29 is 4.74 Å². The molecule has 0 saturated carbocycles. The minimum atomic E-state index is 0.220. The van der Waals surface area contributed by atoms with E-state index in [1.807, 2.05) is 0 Å². The van der Waals surface area contributed by atoms with E-state index in [9.17, 15) is 0 Å². The molecule has 1 aromatic rings. The highest BCUT2D eigenvalue weighted by molar-refractivity contribution is 5.34. The lowest BCUT2D eigenvalue weighted by molar-refractivity contribution is 0.0983. The molecule has 1 aliphatic heterocycles. The van der Waals surface area contributed by atoms with E-state index in [1.165, 1.54) is 29.5 Å². The number of hydrogen-bond acceptors (Lipinski definition) is 2. The number of rotatable bonds is 4. The van der Waals surface area contributed by atoms with Crippen LogP contribution >= 0.6 is 0 Å². The lowest BCUT2D eigenvalue weighted by Gasteiger charge is -2.18. The van der Waals surface area contributed by atoms with E-state index < -0.39 is 0 Å². The van der Waals surface area contributed by atoms with Crippen molar-refractivity contribution in [3.8, 4) is 0 Å². The fraction of sp³-hybridized carbons (Fsp3) is 0.600. The van der Waals surface area contributed by atoms with Crippen LogP contribution in [-0.2, 0) is 11.2 Å². The van der Waals surface area contributed by atoms with Gasteiger partial charge < -0.3 is 10.5 Å². The van der Waals surface area contributed by atoms with Gasteiger partial charge in [0.15, 0.2) is 0 Å². The van der Waals surface area contributed by atoms with Gasteiger partial charge in [-0.1, -0.05) is 18.2 Å². The van der Waals surface area contributed by atoms with Gasteiger partial charge in [-0.15, -0.1) is 0 Å². The molecule has 0 amide bonds. The van der Waals surface area contributed by atoms with Crippen molar-refractivity contribution in [2.24, 2.45) is 5.73 Å². The first-order valence-electron chi connectivity index (χ1n) is 6.59. The molecule has 2 nitrogen and oxygen atoms in total. The minimum Gasteiger partial charge on any atom is -0.378 e. The lowest BCUT2D eigenvalue weighted by atomic mass is 9.94. The van der Waals surface area contributed by atoms with Crippen LogP contribution in [0.5, 0.6) is 0 Å². The van der Waals surface area contributed by atoms with Gasteiger partial charge in [0, 0.05) is 12.6 Å². The number of aryl methyl sites for hydroxylation is 2. The van der Waals surface area contributed by atoms with Gasteiger partial charge in [-0.3, -0.25) is 0 Å². The first kappa shape index (κ1) is 12.6. The van der Waals surface area contributed by atoms with Gasteiger partial charge in [-0.2, -0.15) is 0 Å². The van der Waals surface area contributed by atoms with Gasteiger partial charge in [0.2, 0.25) is 0 Å². The van der Waals surface area contributed by atoms with E-state index in [0.29, 0.717) is 6.10 Å². The van der Waals surface area contributed by atoms with Gasteiger partial charge >= 0.3 is 0 Å². The van der Waals surface area contributed by atoms with Gasteiger partial charge in [0.05, 0.1) is 6.10 Å². The normalized spacial score (nSPS) is 21.7. The molecule has 1 aliphatic rings. The molecular weight excluding hydrogens is 210 g/mol. The van der Waals surface area contributed by atoms with Crippen LogP contribution in [0.4, 0.5) is 0 Å². The number of benzene rings is 1. The number of nitrogens with two attached hydrogens (primary N) is 1. The summed E-state index contributed by atoms with van der Waals surface area (Å²) in [6.45, 7) is 5.25. The van der Waals surface area contributed by atoms with Gasteiger partial charge in [0.25, 0.3) is 0 Å². The zero-order chi connectivity index (χ0) is 12.3. The van der Waals surface area contributed by atoms with E-state index in [1.54, 1.807) is 0 Å². The Morgan fingerprint density at radius 1 is 1.35 bits per heavy atom. The second-order valence-corrected chi connectivity index (χ2v) is 5.21. The molecule has 17 heavy (non-hydrogen) atoms. The third-order valence-corrected chi connectivity index (χ3v) is 3.70. The number of hydrogen-bond donors (Lipinski definition) is 1. The molecule has 0 bridgehead atoms. The summed E-state index contributed by atoms with van der Waals surface area (Å²) in [4.78, 5) is 0. The highest BCUT2D eigenvalue weighted by atomic mass is 16.5. The van der Waals surface area contributed by atoms with Gasteiger partial charge in [-0.05, 0) is 56.2 Å². The second kappa shape index (κ2) is 5.65. The summed E-state index contributed by atoms with van der Waals surface area (Å²) < 4.78 is 5.64. The Morgan fingerprint density at radius 2 is 2.06 bits per heavy atom. The molecule has 0 radical (unpaired) electrons. The third-order valence-electron chi connectivity index (χ3n) is 3.70. The standard InChI is InChI=1S/C15H23NO/c1-11-5-3-6-12(2)15(11)10-13(16)9-14-7-4-8-17-14/h3,5-6,13-14H,4,7-10,16H2,1-2H3. The second-order valence-electron chi connectivity index (χ2n) is 5.21. The highest BCUT2D eigenvalue weighted by Gasteiger charge is 2.19. The molecule has 0 aliphatic carbocycles. The SMILES string of the molecule is Cc1cccc(C)c1CC(N)CC1CCCO1. The summed E-state index contributed by atoms with van der Waals surface area (Å²) >= 11 is 0. The van der Waals surface area contributed by atoms with Crippen LogP contribution < -0.4 is 5.73 Å². The molecule has 1 heterocycles. The summed E-state index contributed by atoms with van der Waals surface area (Å²) in [5, 5.41) is 0. The Labute approximate surface area is 104 Å². The average molecular weight is 233 g/mol. The first-order valence-corrected chi connectivity index (χ1v) is 6.59. The molecule has 1 fully saturated rings. The van der Waals surface area contributed by atoms with E-state index in [4.69, 9.17) is 10.5 Å². The smallest absolute Gasteiger partial charge is 0.0590 e. The fourth-order valence-electron chi connectivity index (χ4n) is 2.68. The predicted octanol–water partition coefficient (Wildman–Crippen LogP) is 2.74. The van der Waals surface area contributed by atoms with Gasteiger partial charge in [-0.25, -0.2) is 0 Å². The molecular formula is C15H23NO. The lowest BCUT2D eigenvalue weighted by Crippen LogP contribution is -2.28. The van der Waals surface area contributed by atoms with Crippen LogP contribution in [0, 0.1) is 13.8 Å². The van der Waals surface area contributed by atoms with Crippen molar-refractivity contribution in [2.45, 2.75) is 51.7 Å². The van der Waals surface area contributed by atoms with E-state index in [2.05, 4.69) is 32.0 Å². The Bertz CT molecular complexity index is 349. The summed E-state index contributed by atoms with van der Waals surface area (Å²) in [6, 6.07) is 6.67. The summed E-state index contributed by atoms with van der Waals surface area (Å²) in [6.07, 6.45) is 4.74. The molecule has 0 aromatic heterocycles. The maximum Gasteiger partial charge on any atom is 0.0590 e. The molecule has 2 unspecified atom stereocenters. The van der Waals surface area contributed by atoms with Crippen LogP contribution in [-0.4, -0.2) is 18.8 Å². The summed E-state index contributed by atoms with van der Waals surface area (Å²) in [5.41, 5.74) is 10.4. The molecule has 2 heteroatoms. The van der Waals surface area contributed by atoms with Crippen LogP contribution in [0.25, 0.3) is 0 Å². The molecule has 2 atom stereocenters. The fourth-order valence-corrected chi connectivity index (χ4v) is 2.68. The summed E-state index contributed by atoms with van der Waals surface area (Å²) in [7, 11) is 0. The predicted molar refractivity (Wildman–Crippen MR) is 71.2 cm³/mol. The van der Waals surface area contributed by atoms with E-state index >= 15 is 0 Å². The first-order chi connectivity index (χ1) is 8.16. The van der Waals surface area contributed by atoms with Crippen LogP contribution in [0.2, 0.25) is 0 Å². The largest absolute Gasteiger partial charge is 0.378 e. The van der Waals surface area contributed by atoms with Crippen LogP contribution in [0.15, 0.2) is 18.2 Å². The van der Waals surface area contributed by atoms with Crippen LogP contribution in [0.3, 0.4) is 0 Å². The molecule has 1 saturated heterocycles. The zero-order valence-corrected chi connectivity index (χ0v) is 10.9. The van der Waals surface area contributed by atoms with Crippen molar-refractivity contribution in [1.82, 2.24) is 0 Å². The molecule has 94 valence electrons. The zero-order valence-electron chi connectivity index (χ0n) is 10.9. The average Bonchev–Trinajstić information content (AvgIpc) is 2.76. The molecule has 0 spiro atoms. The van der Waals surface area contributed by atoms with Gasteiger partial charge in [0.1, 0.15) is 0 Å². The third kappa shape index (κ3) is 3.30. The highest BCUT2D eigenvalue weighted by Crippen LogP contribution is 2.20. The van der Waals surface area contributed by atoms with Crippen molar-refractivity contribution in [3.05, 3.63) is 34.9 Å². The Hall–Kier alpha value is -0.860. The van der Waals surface area contributed by atoms with Crippen molar-refractivity contribution in [2.75, 3.05) is 6.61 Å². The van der Waals surface area contributed by atoms with Crippen molar-refractivity contribution in [1.29, 1.82) is 0 Å². The minimum absolute atomic E-state index is 0.220. The van der Waals surface area contributed by atoms with Crippen LogP contribution in [0.1, 0.15) is 36.0 Å². The maximum atomic E-state index is 6.24. The topological polar surface area (TPSA) is 35.2 Å². The van der Waals surface area contributed by atoms with E-state index in [-0.39, 0.29) is 6.04 Å². The van der Waals surface area contributed by atoms with E-state index in [0.717, 1.165) is 19.4 Å². The number of ether oxygens (including phenoxy) is 1. The molecule has 1 aromatic carbocycles. The Kier molecular flexibility index (Phi) is 4.19. The van der Waals surface area contributed by atoms with Crippen molar-refractivity contribution in [3.63, 3.8) is 0 Å². The maximum absolute atomic E-state index is 6.24. The van der Waals surface area contributed by atoms with Crippen molar-refractivity contribution >= 4 is 0 Å². The molecule has 2 N–H and O–H groups in total. The molecule has 2 rings (SSSR count). The quantitative estimate of drug-likeness (QED) is 0.868.